The lowest BCUT2D eigenvalue weighted by atomic mass is 9.79. The molecule has 1 rings (SSSR count). The summed E-state index contributed by atoms with van der Waals surface area (Å²) >= 11 is 0. The molecule has 1 aliphatic rings. The topological polar surface area (TPSA) is 17.1 Å². The number of carbonyl (C=O) groups is 1. The molecule has 0 atom stereocenters. The molecule has 0 spiro atoms. The van der Waals surface area contributed by atoms with Gasteiger partial charge in [0.1, 0.15) is 6.29 Å². The molecule has 1 fully saturated rings. The van der Waals surface area contributed by atoms with E-state index in [-0.39, 0.29) is 0 Å². The second kappa shape index (κ2) is 2.12. The van der Waals surface area contributed by atoms with Crippen molar-refractivity contribution in [1.29, 1.82) is 0 Å². The molecule has 0 aromatic heterocycles. The Hall–Kier alpha value is -0.590. The second-order valence-corrected chi connectivity index (χ2v) is 2.43. The Kier molecular flexibility index (Phi) is 1.47. The van der Waals surface area contributed by atoms with Crippen molar-refractivity contribution in [1.82, 2.24) is 0 Å². The molecule has 1 nitrogen and oxygen atoms in total. The van der Waals surface area contributed by atoms with E-state index in [0.717, 1.165) is 25.5 Å². The summed E-state index contributed by atoms with van der Waals surface area (Å²) in [6.07, 6.45) is 3.90. The standard InChI is InChI=1S/C7H10O/c1-6-4-7(5-6)2-3-8/h3,7H,1-2,4-5H2. The van der Waals surface area contributed by atoms with Crippen molar-refractivity contribution in [2.24, 2.45) is 5.92 Å². The average molecular weight is 110 g/mol. The number of carbonyl (C=O) groups excluding carboxylic acids is 1. The van der Waals surface area contributed by atoms with E-state index in [2.05, 4.69) is 6.58 Å². The minimum atomic E-state index is 0.639. The third-order valence-electron chi connectivity index (χ3n) is 1.58. The van der Waals surface area contributed by atoms with E-state index in [4.69, 9.17) is 0 Å². The predicted octanol–water partition coefficient (Wildman–Crippen LogP) is 1.54. The van der Waals surface area contributed by atoms with Gasteiger partial charge in [0.25, 0.3) is 0 Å². The van der Waals surface area contributed by atoms with Crippen LogP contribution in [0.15, 0.2) is 12.2 Å². The summed E-state index contributed by atoms with van der Waals surface area (Å²) < 4.78 is 0. The van der Waals surface area contributed by atoms with Gasteiger partial charge in [-0.1, -0.05) is 12.2 Å². The minimum absolute atomic E-state index is 0.639. The summed E-state index contributed by atoms with van der Waals surface area (Å²) in [5, 5.41) is 0. The first kappa shape index (κ1) is 5.54. The van der Waals surface area contributed by atoms with Gasteiger partial charge in [0.15, 0.2) is 0 Å². The Bertz CT molecular complexity index is 105. The fourth-order valence-electron chi connectivity index (χ4n) is 1.06. The van der Waals surface area contributed by atoms with E-state index in [1.807, 2.05) is 0 Å². The second-order valence-electron chi connectivity index (χ2n) is 2.43. The van der Waals surface area contributed by atoms with Crippen molar-refractivity contribution in [3.05, 3.63) is 12.2 Å². The van der Waals surface area contributed by atoms with Gasteiger partial charge in [-0.15, -0.1) is 0 Å². The summed E-state index contributed by atoms with van der Waals surface area (Å²) in [5.41, 5.74) is 1.30. The fourth-order valence-corrected chi connectivity index (χ4v) is 1.06. The number of aldehydes is 1. The van der Waals surface area contributed by atoms with E-state index < -0.39 is 0 Å². The van der Waals surface area contributed by atoms with Gasteiger partial charge in [0, 0.05) is 6.42 Å². The molecule has 0 bridgehead atoms. The van der Waals surface area contributed by atoms with Gasteiger partial charge in [0.2, 0.25) is 0 Å². The molecule has 0 aromatic rings. The summed E-state index contributed by atoms with van der Waals surface area (Å²) in [6, 6.07) is 0. The molecule has 1 heteroatoms. The largest absolute Gasteiger partial charge is 0.303 e. The van der Waals surface area contributed by atoms with Crippen LogP contribution in [0.25, 0.3) is 0 Å². The lowest BCUT2D eigenvalue weighted by molar-refractivity contribution is -0.108. The Balaban J connectivity index is 2.15. The van der Waals surface area contributed by atoms with E-state index >= 15 is 0 Å². The molecular weight excluding hydrogens is 100 g/mol. The molecule has 8 heavy (non-hydrogen) atoms. The maximum absolute atomic E-state index is 9.89. The number of hydrogen-bond donors (Lipinski definition) is 0. The zero-order valence-corrected chi connectivity index (χ0v) is 4.89. The highest BCUT2D eigenvalue weighted by Crippen LogP contribution is 2.32. The molecule has 44 valence electrons. The Morgan fingerprint density at radius 2 is 2.38 bits per heavy atom. The van der Waals surface area contributed by atoms with Gasteiger partial charge < -0.3 is 4.79 Å². The van der Waals surface area contributed by atoms with E-state index in [9.17, 15) is 4.79 Å². The van der Waals surface area contributed by atoms with Crippen LogP contribution in [-0.2, 0) is 4.79 Å². The zero-order chi connectivity index (χ0) is 5.98. The normalized spacial score (nSPS) is 20.2. The van der Waals surface area contributed by atoms with Gasteiger partial charge in [-0.3, -0.25) is 0 Å². The molecular formula is C7H10O. The number of allylic oxidation sites excluding steroid dienone is 1. The monoisotopic (exact) mass is 110 g/mol. The van der Waals surface area contributed by atoms with E-state index in [0.29, 0.717) is 5.92 Å². The van der Waals surface area contributed by atoms with Gasteiger partial charge in [0.05, 0.1) is 0 Å². The van der Waals surface area contributed by atoms with Crippen molar-refractivity contribution in [2.45, 2.75) is 19.3 Å². The highest BCUT2D eigenvalue weighted by molar-refractivity contribution is 5.50. The van der Waals surface area contributed by atoms with Crippen LogP contribution < -0.4 is 0 Å². The summed E-state index contributed by atoms with van der Waals surface area (Å²) in [4.78, 5) is 9.89. The van der Waals surface area contributed by atoms with Crippen LogP contribution in [0.2, 0.25) is 0 Å². The van der Waals surface area contributed by atoms with Gasteiger partial charge in [-0.2, -0.15) is 0 Å². The molecule has 0 heterocycles. The highest BCUT2D eigenvalue weighted by atomic mass is 16.1. The van der Waals surface area contributed by atoms with Crippen LogP contribution in [0.1, 0.15) is 19.3 Å². The minimum Gasteiger partial charge on any atom is -0.303 e. The van der Waals surface area contributed by atoms with Crippen LogP contribution in [-0.4, -0.2) is 6.29 Å². The van der Waals surface area contributed by atoms with Crippen LogP contribution in [0.3, 0.4) is 0 Å². The molecule has 0 aliphatic heterocycles. The third kappa shape index (κ3) is 0.971. The van der Waals surface area contributed by atoms with Gasteiger partial charge >= 0.3 is 0 Å². The van der Waals surface area contributed by atoms with E-state index in [1.165, 1.54) is 5.57 Å². The number of hydrogen-bond acceptors (Lipinski definition) is 1. The first-order valence-electron chi connectivity index (χ1n) is 2.93. The molecule has 0 amide bonds. The van der Waals surface area contributed by atoms with Gasteiger partial charge in [-0.05, 0) is 18.8 Å². The zero-order valence-electron chi connectivity index (χ0n) is 4.89. The van der Waals surface area contributed by atoms with Crippen LogP contribution in [0, 0.1) is 5.92 Å². The molecule has 1 aliphatic carbocycles. The molecule has 0 aromatic carbocycles. The average Bonchev–Trinajstić information content (AvgIpc) is 1.64. The Morgan fingerprint density at radius 3 is 2.75 bits per heavy atom. The molecule has 0 saturated heterocycles. The molecule has 0 N–H and O–H groups in total. The Morgan fingerprint density at radius 1 is 1.75 bits per heavy atom. The van der Waals surface area contributed by atoms with Crippen LogP contribution in [0.5, 0.6) is 0 Å². The highest BCUT2D eigenvalue weighted by Gasteiger charge is 2.19. The van der Waals surface area contributed by atoms with Crippen molar-refractivity contribution >= 4 is 6.29 Å². The SMILES string of the molecule is C=C1CC(CC=O)C1. The van der Waals surface area contributed by atoms with Crippen molar-refractivity contribution < 1.29 is 4.79 Å². The quantitative estimate of drug-likeness (QED) is 0.389. The number of rotatable bonds is 2. The molecule has 1 saturated carbocycles. The smallest absolute Gasteiger partial charge is 0.120 e. The third-order valence-corrected chi connectivity index (χ3v) is 1.58. The maximum Gasteiger partial charge on any atom is 0.120 e. The summed E-state index contributed by atoms with van der Waals surface area (Å²) in [6.45, 7) is 3.78. The maximum atomic E-state index is 9.89. The Labute approximate surface area is 49.4 Å². The lowest BCUT2D eigenvalue weighted by Crippen LogP contribution is -2.13. The van der Waals surface area contributed by atoms with Crippen LogP contribution >= 0.6 is 0 Å². The van der Waals surface area contributed by atoms with Gasteiger partial charge in [-0.25, -0.2) is 0 Å². The first-order chi connectivity index (χ1) is 3.83. The summed E-state index contributed by atoms with van der Waals surface area (Å²) in [7, 11) is 0. The molecule has 0 unspecified atom stereocenters. The van der Waals surface area contributed by atoms with Crippen molar-refractivity contribution in [3.8, 4) is 0 Å². The lowest BCUT2D eigenvalue weighted by Gasteiger charge is -2.25. The molecule has 0 radical (unpaired) electrons. The van der Waals surface area contributed by atoms with Crippen LogP contribution in [0.4, 0.5) is 0 Å². The fraction of sp³-hybridized carbons (Fsp3) is 0.571. The first-order valence-corrected chi connectivity index (χ1v) is 2.93. The predicted molar refractivity (Wildman–Crippen MR) is 32.5 cm³/mol. The van der Waals surface area contributed by atoms with E-state index in [1.54, 1.807) is 0 Å². The van der Waals surface area contributed by atoms with Crippen molar-refractivity contribution in [3.63, 3.8) is 0 Å². The summed E-state index contributed by atoms with van der Waals surface area (Å²) in [5.74, 6) is 0.639. The van der Waals surface area contributed by atoms with Crippen molar-refractivity contribution in [2.75, 3.05) is 0 Å².